The fourth-order valence-electron chi connectivity index (χ4n) is 2.86. The molecule has 1 amide bonds. The molecular weight excluding hydrogens is 286 g/mol. The number of nitrogens with one attached hydrogen (secondary N) is 1. The second-order valence-corrected chi connectivity index (χ2v) is 6.37. The van der Waals surface area contributed by atoms with Crippen molar-refractivity contribution in [1.29, 1.82) is 0 Å². The number of pyridine rings is 1. The molecule has 1 heterocycles. The van der Waals surface area contributed by atoms with Crippen molar-refractivity contribution < 1.29 is 4.79 Å². The summed E-state index contributed by atoms with van der Waals surface area (Å²) in [6.07, 6.45) is 13.6. The number of aromatic nitrogens is 1. The first-order valence-electron chi connectivity index (χ1n) is 8.76. The van der Waals surface area contributed by atoms with Gasteiger partial charge >= 0.3 is 0 Å². The summed E-state index contributed by atoms with van der Waals surface area (Å²) < 4.78 is 0. The summed E-state index contributed by atoms with van der Waals surface area (Å²) in [4.78, 5) is 18.1. The van der Waals surface area contributed by atoms with E-state index in [9.17, 15) is 4.79 Å². The highest BCUT2D eigenvalue weighted by atomic mass is 16.1. The maximum Gasteiger partial charge on any atom is 0.221 e. The lowest BCUT2D eigenvalue weighted by Crippen LogP contribution is -2.30. The maximum absolute atomic E-state index is 11.9. The second kappa shape index (κ2) is 10.2. The van der Waals surface area contributed by atoms with Gasteiger partial charge in [0, 0.05) is 38.4 Å². The normalized spacial score (nSPS) is 14.6. The molecule has 2 rings (SSSR count). The number of hydrogen-bond donors (Lipinski definition) is 1. The van der Waals surface area contributed by atoms with Crippen LogP contribution in [0.15, 0.2) is 36.2 Å². The van der Waals surface area contributed by atoms with E-state index in [-0.39, 0.29) is 5.91 Å². The lowest BCUT2D eigenvalue weighted by atomic mass is 9.97. The summed E-state index contributed by atoms with van der Waals surface area (Å²) in [6.45, 7) is 2.55. The minimum absolute atomic E-state index is 0.164. The zero-order valence-electron chi connectivity index (χ0n) is 14.3. The number of hydrogen-bond acceptors (Lipinski definition) is 3. The lowest BCUT2D eigenvalue weighted by Gasteiger charge is -2.16. The Morgan fingerprint density at radius 1 is 1.22 bits per heavy atom. The fourth-order valence-corrected chi connectivity index (χ4v) is 2.86. The van der Waals surface area contributed by atoms with E-state index in [1.54, 1.807) is 0 Å². The largest absolute Gasteiger partial charge is 0.356 e. The average Bonchev–Trinajstić information content (AvgIpc) is 2.60. The smallest absolute Gasteiger partial charge is 0.221 e. The number of nitrogens with zero attached hydrogens (tertiary/aromatic N) is 2. The molecule has 23 heavy (non-hydrogen) atoms. The Labute approximate surface area is 140 Å². The highest BCUT2D eigenvalue weighted by Crippen LogP contribution is 2.19. The number of rotatable bonds is 9. The highest BCUT2D eigenvalue weighted by Gasteiger charge is 2.06. The van der Waals surface area contributed by atoms with Crippen molar-refractivity contribution in [2.45, 2.75) is 44.9 Å². The Morgan fingerprint density at radius 3 is 2.78 bits per heavy atom. The van der Waals surface area contributed by atoms with Gasteiger partial charge in [-0.1, -0.05) is 11.6 Å². The first kappa shape index (κ1) is 17.7. The van der Waals surface area contributed by atoms with Crippen molar-refractivity contribution in [1.82, 2.24) is 15.2 Å². The summed E-state index contributed by atoms with van der Waals surface area (Å²) in [5.41, 5.74) is 2.81. The van der Waals surface area contributed by atoms with Gasteiger partial charge in [0.15, 0.2) is 0 Å². The molecule has 1 aliphatic rings. The van der Waals surface area contributed by atoms with Gasteiger partial charge in [-0.3, -0.25) is 9.78 Å². The van der Waals surface area contributed by atoms with Crippen LogP contribution in [0.5, 0.6) is 0 Å². The number of likely N-dealkylation sites (N-methyl/N-ethyl adjacent to an activating group) is 1. The van der Waals surface area contributed by atoms with E-state index in [2.05, 4.69) is 28.3 Å². The first-order chi connectivity index (χ1) is 11.2. The zero-order chi connectivity index (χ0) is 16.3. The van der Waals surface area contributed by atoms with Gasteiger partial charge in [-0.15, -0.1) is 0 Å². The molecule has 4 heteroatoms. The molecule has 0 bridgehead atoms. The molecule has 0 unspecified atom stereocenters. The summed E-state index contributed by atoms with van der Waals surface area (Å²) in [5.74, 6) is 0.164. The van der Waals surface area contributed by atoms with Crippen LogP contribution in [0.1, 0.15) is 44.1 Å². The predicted octanol–water partition coefficient (Wildman–Crippen LogP) is 2.95. The minimum Gasteiger partial charge on any atom is -0.356 e. The van der Waals surface area contributed by atoms with Gasteiger partial charge in [0.05, 0.1) is 0 Å². The summed E-state index contributed by atoms with van der Waals surface area (Å²) in [5, 5.41) is 3.04. The highest BCUT2D eigenvalue weighted by molar-refractivity contribution is 5.76. The topological polar surface area (TPSA) is 45.2 Å². The Balaban J connectivity index is 1.54. The molecule has 4 nitrogen and oxygen atoms in total. The SMILES string of the molecule is CN(CCC(=O)NCCC1=CCCCC1)CCc1ccncc1. The molecule has 0 saturated carbocycles. The van der Waals surface area contributed by atoms with Crippen molar-refractivity contribution in [3.8, 4) is 0 Å². The maximum atomic E-state index is 11.9. The molecule has 0 saturated heterocycles. The molecule has 0 atom stereocenters. The molecule has 1 N–H and O–H groups in total. The van der Waals surface area contributed by atoms with Crippen molar-refractivity contribution in [2.75, 3.05) is 26.7 Å². The van der Waals surface area contributed by atoms with Crippen molar-refractivity contribution in [2.24, 2.45) is 0 Å². The Bertz CT molecular complexity index is 499. The third kappa shape index (κ3) is 7.42. The van der Waals surface area contributed by atoms with Crippen molar-refractivity contribution >= 4 is 5.91 Å². The Kier molecular flexibility index (Phi) is 7.81. The van der Waals surface area contributed by atoms with Crippen molar-refractivity contribution in [3.63, 3.8) is 0 Å². The summed E-state index contributed by atoms with van der Waals surface area (Å²) >= 11 is 0. The standard InChI is InChI=1S/C19H29N3O/c1-22(15-10-18-7-12-20-13-8-18)16-11-19(23)21-14-9-17-5-3-2-4-6-17/h5,7-8,12-13H,2-4,6,9-11,14-16H2,1H3,(H,21,23). The van der Waals surface area contributed by atoms with Crippen LogP contribution in [0.4, 0.5) is 0 Å². The molecule has 126 valence electrons. The van der Waals surface area contributed by atoms with Gasteiger partial charge < -0.3 is 10.2 Å². The van der Waals surface area contributed by atoms with Crippen LogP contribution in [0.25, 0.3) is 0 Å². The minimum atomic E-state index is 0.164. The number of amides is 1. The molecule has 0 fully saturated rings. The quantitative estimate of drug-likeness (QED) is 0.713. The van der Waals surface area contributed by atoms with E-state index in [4.69, 9.17) is 0 Å². The molecule has 0 spiro atoms. The van der Waals surface area contributed by atoms with Crippen LogP contribution < -0.4 is 5.32 Å². The van der Waals surface area contributed by atoms with Crippen LogP contribution in [0.2, 0.25) is 0 Å². The van der Waals surface area contributed by atoms with E-state index in [1.807, 2.05) is 24.5 Å². The fraction of sp³-hybridized carbons (Fsp3) is 0.579. The van der Waals surface area contributed by atoms with Crippen LogP contribution in [-0.4, -0.2) is 42.5 Å². The average molecular weight is 315 g/mol. The number of carbonyl (C=O) groups is 1. The predicted molar refractivity (Wildman–Crippen MR) is 94.2 cm³/mol. The van der Waals surface area contributed by atoms with E-state index < -0.39 is 0 Å². The molecular formula is C19H29N3O. The van der Waals surface area contributed by atoms with Crippen LogP contribution in [-0.2, 0) is 11.2 Å². The van der Waals surface area contributed by atoms with Gasteiger partial charge in [-0.05, 0) is 63.3 Å². The molecule has 0 aromatic carbocycles. The van der Waals surface area contributed by atoms with Gasteiger partial charge in [-0.25, -0.2) is 0 Å². The Morgan fingerprint density at radius 2 is 2.04 bits per heavy atom. The zero-order valence-corrected chi connectivity index (χ0v) is 14.3. The van der Waals surface area contributed by atoms with Gasteiger partial charge in [0.25, 0.3) is 0 Å². The van der Waals surface area contributed by atoms with Gasteiger partial charge in [-0.2, -0.15) is 0 Å². The van der Waals surface area contributed by atoms with E-state index in [0.717, 1.165) is 32.5 Å². The van der Waals surface area contributed by atoms with Crippen LogP contribution in [0.3, 0.4) is 0 Å². The second-order valence-electron chi connectivity index (χ2n) is 6.37. The van der Waals surface area contributed by atoms with E-state index >= 15 is 0 Å². The summed E-state index contributed by atoms with van der Waals surface area (Å²) in [7, 11) is 2.07. The molecule has 1 aliphatic carbocycles. The molecule has 0 radical (unpaired) electrons. The van der Waals surface area contributed by atoms with E-state index in [0.29, 0.717) is 6.42 Å². The molecule has 1 aromatic heterocycles. The third-order valence-corrected chi connectivity index (χ3v) is 4.41. The lowest BCUT2D eigenvalue weighted by molar-refractivity contribution is -0.121. The van der Waals surface area contributed by atoms with E-state index in [1.165, 1.54) is 36.8 Å². The number of carbonyl (C=O) groups excluding carboxylic acids is 1. The van der Waals surface area contributed by atoms with Crippen LogP contribution >= 0.6 is 0 Å². The Hall–Kier alpha value is -1.68. The first-order valence-corrected chi connectivity index (χ1v) is 8.76. The van der Waals surface area contributed by atoms with Gasteiger partial charge in [0.1, 0.15) is 0 Å². The third-order valence-electron chi connectivity index (χ3n) is 4.41. The van der Waals surface area contributed by atoms with Gasteiger partial charge in [0.2, 0.25) is 5.91 Å². The van der Waals surface area contributed by atoms with Crippen LogP contribution in [0, 0.1) is 0 Å². The monoisotopic (exact) mass is 315 g/mol. The van der Waals surface area contributed by atoms with Crippen molar-refractivity contribution in [3.05, 3.63) is 41.7 Å². The molecule has 1 aromatic rings. The number of allylic oxidation sites excluding steroid dienone is 1. The molecule has 0 aliphatic heterocycles. The summed E-state index contributed by atoms with van der Waals surface area (Å²) in [6, 6.07) is 4.08.